The maximum Gasteiger partial charge on any atom is 0.270 e. The van der Waals surface area contributed by atoms with E-state index in [1.54, 1.807) is 30.3 Å². The predicted molar refractivity (Wildman–Crippen MR) is 91.3 cm³/mol. The minimum absolute atomic E-state index is 0.0503. The zero-order valence-electron chi connectivity index (χ0n) is 12.7. The Morgan fingerprint density at radius 1 is 1.33 bits per heavy atom. The summed E-state index contributed by atoms with van der Waals surface area (Å²) in [6.45, 7) is 1.53. The van der Waals surface area contributed by atoms with Gasteiger partial charge in [-0.15, -0.1) is 0 Å². The molecule has 0 aliphatic rings. The molecule has 1 atom stereocenters. The van der Waals surface area contributed by atoms with E-state index in [1.807, 2.05) is 0 Å². The Hall–Kier alpha value is -2.93. The summed E-state index contributed by atoms with van der Waals surface area (Å²) in [5.41, 5.74) is 0.989. The fraction of sp³-hybridized carbons (Fsp3) is 0.125. The van der Waals surface area contributed by atoms with Crippen molar-refractivity contribution in [2.45, 2.75) is 13.0 Å². The first-order valence-corrected chi connectivity index (χ1v) is 7.33. The molecule has 2 rings (SSSR count). The van der Waals surface area contributed by atoms with E-state index in [2.05, 4.69) is 10.5 Å². The molecule has 0 fully saturated rings. The molecule has 124 valence electrons. The monoisotopic (exact) mass is 347 g/mol. The number of nitro benzene ring substituents is 1. The number of nitrogens with one attached hydrogen (secondary N) is 1. The summed E-state index contributed by atoms with van der Waals surface area (Å²) in [6, 6.07) is 12.6. The number of non-ortho nitro benzene ring substituents is 1. The van der Waals surface area contributed by atoms with Crippen LogP contribution in [0.2, 0.25) is 5.02 Å². The number of hydrogen-bond acceptors (Lipinski definition) is 5. The van der Waals surface area contributed by atoms with Crippen molar-refractivity contribution in [3.05, 3.63) is 69.2 Å². The molecule has 0 aliphatic heterocycles. The molecule has 8 heteroatoms. The molecule has 1 N–H and O–H groups in total. The highest BCUT2D eigenvalue weighted by molar-refractivity contribution is 6.30. The third kappa shape index (κ3) is 5.06. The highest BCUT2D eigenvalue weighted by Crippen LogP contribution is 2.15. The quantitative estimate of drug-likeness (QED) is 0.490. The van der Waals surface area contributed by atoms with E-state index >= 15 is 0 Å². The van der Waals surface area contributed by atoms with Crippen molar-refractivity contribution in [2.24, 2.45) is 5.16 Å². The minimum Gasteiger partial charge on any atom is -0.383 e. The Labute approximate surface area is 143 Å². The molecule has 1 unspecified atom stereocenters. The largest absolute Gasteiger partial charge is 0.383 e. The number of rotatable bonds is 6. The second-order valence-corrected chi connectivity index (χ2v) is 5.27. The number of carbonyl (C=O) groups is 1. The lowest BCUT2D eigenvalue weighted by Crippen LogP contribution is -2.26. The first kappa shape index (κ1) is 17.4. The molecule has 0 aliphatic carbocycles. The van der Waals surface area contributed by atoms with Crippen molar-refractivity contribution in [3.8, 4) is 0 Å². The Kier molecular flexibility index (Phi) is 5.86. The lowest BCUT2D eigenvalue weighted by molar-refractivity contribution is -0.384. The van der Waals surface area contributed by atoms with Gasteiger partial charge in [-0.05, 0) is 25.1 Å². The smallest absolute Gasteiger partial charge is 0.270 e. The normalized spacial score (nSPS) is 11.9. The summed E-state index contributed by atoms with van der Waals surface area (Å²) in [7, 11) is 0. The zero-order chi connectivity index (χ0) is 17.5. The molecule has 0 aromatic heterocycles. The summed E-state index contributed by atoms with van der Waals surface area (Å²) >= 11 is 5.84. The first-order chi connectivity index (χ1) is 11.5. The van der Waals surface area contributed by atoms with Gasteiger partial charge in [0.05, 0.1) is 11.1 Å². The van der Waals surface area contributed by atoms with Crippen LogP contribution in [-0.2, 0) is 9.63 Å². The van der Waals surface area contributed by atoms with Gasteiger partial charge in [-0.2, -0.15) is 0 Å². The summed E-state index contributed by atoms with van der Waals surface area (Å²) in [4.78, 5) is 27.2. The molecule has 2 aromatic carbocycles. The summed E-state index contributed by atoms with van der Waals surface area (Å²) in [5, 5.41) is 17.5. The second-order valence-electron chi connectivity index (χ2n) is 4.83. The van der Waals surface area contributed by atoms with Gasteiger partial charge < -0.3 is 10.2 Å². The SMILES string of the molecule is CC(O/N=C/c1cccc([N+](=O)[O-])c1)C(=O)Nc1cccc(Cl)c1. The molecule has 0 bridgehead atoms. The van der Waals surface area contributed by atoms with Crippen LogP contribution in [0.15, 0.2) is 53.7 Å². The number of carbonyl (C=O) groups excluding carboxylic acids is 1. The second kappa shape index (κ2) is 8.07. The maximum absolute atomic E-state index is 12.0. The van der Waals surface area contributed by atoms with Crippen LogP contribution in [0.5, 0.6) is 0 Å². The van der Waals surface area contributed by atoms with E-state index < -0.39 is 16.9 Å². The zero-order valence-corrected chi connectivity index (χ0v) is 13.4. The highest BCUT2D eigenvalue weighted by Gasteiger charge is 2.14. The van der Waals surface area contributed by atoms with Crippen LogP contribution in [0.25, 0.3) is 0 Å². The molecule has 7 nitrogen and oxygen atoms in total. The van der Waals surface area contributed by atoms with Gasteiger partial charge in [-0.3, -0.25) is 14.9 Å². The molecule has 2 aromatic rings. The van der Waals surface area contributed by atoms with Gasteiger partial charge in [0.1, 0.15) is 0 Å². The molecule has 0 saturated heterocycles. The van der Waals surface area contributed by atoms with Gasteiger partial charge in [0.15, 0.2) is 0 Å². The van der Waals surface area contributed by atoms with Crippen LogP contribution >= 0.6 is 11.6 Å². The maximum atomic E-state index is 12.0. The Morgan fingerprint density at radius 2 is 2.08 bits per heavy atom. The standard InChI is InChI=1S/C16H14ClN3O4/c1-11(16(21)19-14-6-3-5-13(17)9-14)24-18-10-12-4-2-7-15(8-12)20(22)23/h2-11H,1H3,(H,19,21)/b18-10+. The molecule has 0 saturated carbocycles. The molecule has 24 heavy (non-hydrogen) atoms. The van der Waals surface area contributed by atoms with Crippen LogP contribution < -0.4 is 5.32 Å². The number of oxime groups is 1. The fourth-order valence-electron chi connectivity index (χ4n) is 1.76. The Bertz CT molecular complexity index is 779. The van der Waals surface area contributed by atoms with E-state index in [0.29, 0.717) is 16.3 Å². The van der Waals surface area contributed by atoms with Crippen LogP contribution in [0.4, 0.5) is 11.4 Å². The molecule has 0 radical (unpaired) electrons. The third-order valence-corrected chi connectivity index (χ3v) is 3.20. The number of nitro groups is 1. The molecular formula is C16H14ClN3O4. The van der Waals surface area contributed by atoms with Gasteiger partial charge in [0, 0.05) is 28.4 Å². The van der Waals surface area contributed by atoms with Crippen molar-refractivity contribution in [1.82, 2.24) is 0 Å². The summed E-state index contributed by atoms with van der Waals surface area (Å²) < 4.78 is 0. The van der Waals surface area contributed by atoms with E-state index in [0.717, 1.165) is 0 Å². The molecule has 0 spiro atoms. The van der Waals surface area contributed by atoms with Gasteiger partial charge >= 0.3 is 0 Å². The Balaban J connectivity index is 1.92. The number of hydrogen-bond donors (Lipinski definition) is 1. The molecule has 1 amide bonds. The van der Waals surface area contributed by atoms with E-state index in [-0.39, 0.29) is 5.69 Å². The lowest BCUT2D eigenvalue weighted by atomic mass is 10.2. The molecule has 0 heterocycles. The van der Waals surface area contributed by atoms with Gasteiger partial charge in [-0.25, -0.2) is 0 Å². The highest BCUT2D eigenvalue weighted by atomic mass is 35.5. The van der Waals surface area contributed by atoms with Crippen molar-refractivity contribution in [2.75, 3.05) is 5.32 Å². The Morgan fingerprint density at radius 3 is 2.79 bits per heavy atom. The van der Waals surface area contributed by atoms with Crippen molar-refractivity contribution in [3.63, 3.8) is 0 Å². The van der Waals surface area contributed by atoms with E-state index in [1.165, 1.54) is 31.3 Å². The number of nitrogens with zero attached hydrogens (tertiary/aromatic N) is 2. The van der Waals surface area contributed by atoms with Crippen molar-refractivity contribution < 1.29 is 14.6 Å². The van der Waals surface area contributed by atoms with Gasteiger partial charge in [-0.1, -0.05) is 35.0 Å². The van der Waals surface area contributed by atoms with E-state index in [4.69, 9.17) is 16.4 Å². The van der Waals surface area contributed by atoms with Gasteiger partial charge in [0.2, 0.25) is 6.10 Å². The average Bonchev–Trinajstić information content (AvgIpc) is 2.55. The van der Waals surface area contributed by atoms with Crippen LogP contribution in [-0.4, -0.2) is 23.1 Å². The number of anilines is 1. The summed E-state index contributed by atoms with van der Waals surface area (Å²) in [6.07, 6.45) is 0.454. The summed E-state index contributed by atoms with van der Waals surface area (Å²) in [5.74, 6) is -0.395. The van der Waals surface area contributed by atoms with Crippen LogP contribution in [0.1, 0.15) is 12.5 Å². The predicted octanol–water partition coefficient (Wildman–Crippen LogP) is 3.63. The lowest BCUT2D eigenvalue weighted by Gasteiger charge is -2.10. The van der Waals surface area contributed by atoms with Gasteiger partial charge in [0.25, 0.3) is 11.6 Å². The third-order valence-electron chi connectivity index (χ3n) is 2.96. The molecular weight excluding hydrogens is 334 g/mol. The minimum atomic E-state index is -0.848. The fourth-order valence-corrected chi connectivity index (χ4v) is 1.95. The number of amides is 1. The first-order valence-electron chi connectivity index (χ1n) is 6.96. The van der Waals surface area contributed by atoms with Crippen molar-refractivity contribution in [1.29, 1.82) is 0 Å². The van der Waals surface area contributed by atoms with Crippen LogP contribution in [0.3, 0.4) is 0 Å². The topological polar surface area (TPSA) is 93.8 Å². The number of halogens is 1. The van der Waals surface area contributed by atoms with E-state index in [9.17, 15) is 14.9 Å². The van der Waals surface area contributed by atoms with Crippen LogP contribution in [0, 0.1) is 10.1 Å². The van der Waals surface area contributed by atoms with Crippen molar-refractivity contribution >= 4 is 35.1 Å². The number of benzene rings is 2. The average molecular weight is 348 g/mol.